The Labute approximate surface area is 169 Å². The molecule has 1 aliphatic rings. The van der Waals surface area contributed by atoms with Gasteiger partial charge in [0.25, 0.3) is 11.5 Å². The van der Waals surface area contributed by atoms with Crippen molar-refractivity contribution in [2.75, 3.05) is 26.8 Å². The molecule has 0 aliphatic carbocycles. The molecule has 2 heterocycles. The molecule has 6 heteroatoms. The first-order chi connectivity index (χ1) is 14.0. The molecule has 150 valence electrons. The number of pyridine rings is 1. The largest absolute Gasteiger partial charge is 0.497 e. The van der Waals surface area contributed by atoms with Crippen molar-refractivity contribution in [3.63, 3.8) is 0 Å². The molecule has 3 aromatic rings. The maximum atomic E-state index is 13.0. The third-order valence-electron chi connectivity index (χ3n) is 5.58. The minimum Gasteiger partial charge on any atom is -0.497 e. The first-order valence-electron chi connectivity index (χ1n) is 9.63. The van der Waals surface area contributed by atoms with Crippen LogP contribution in [0.2, 0.25) is 0 Å². The molecule has 0 unspecified atom stereocenters. The summed E-state index contributed by atoms with van der Waals surface area (Å²) in [5, 5.41) is 2.17. The zero-order valence-electron chi connectivity index (χ0n) is 16.8. The molecule has 1 aromatic heterocycles. The maximum absolute atomic E-state index is 13.0. The van der Waals surface area contributed by atoms with E-state index in [-0.39, 0.29) is 23.1 Å². The first-order valence-corrected chi connectivity index (χ1v) is 9.63. The van der Waals surface area contributed by atoms with Gasteiger partial charge in [0.05, 0.1) is 20.3 Å². The monoisotopic (exact) mass is 392 g/mol. The van der Waals surface area contributed by atoms with E-state index < -0.39 is 0 Å². The van der Waals surface area contributed by atoms with Gasteiger partial charge in [0.1, 0.15) is 17.4 Å². The number of aromatic nitrogens is 1. The van der Waals surface area contributed by atoms with Crippen molar-refractivity contribution in [3.05, 3.63) is 75.7 Å². The summed E-state index contributed by atoms with van der Waals surface area (Å²) in [6, 6.07) is 15.5. The Morgan fingerprint density at radius 3 is 2.66 bits per heavy atom. The lowest BCUT2D eigenvalue weighted by molar-refractivity contribution is -0.0228. The van der Waals surface area contributed by atoms with Crippen molar-refractivity contribution >= 4 is 16.7 Å². The zero-order valence-corrected chi connectivity index (χ0v) is 16.8. The number of aryl methyl sites for hydroxylation is 1. The number of rotatable bonds is 3. The second kappa shape index (κ2) is 7.72. The molecule has 0 saturated carbocycles. The third-order valence-corrected chi connectivity index (χ3v) is 5.58. The minimum atomic E-state index is -0.266. The molecule has 1 fully saturated rings. The van der Waals surface area contributed by atoms with Crippen LogP contribution in [0.5, 0.6) is 5.75 Å². The molecular weight excluding hydrogens is 368 g/mol. The van der Waals surface area contributed by atoms with Crippen LogP contribution in [0.3, 0.4) is 0 Å². The topological polar surface area (TPSA) is 60.8 Å². The van der Waals surface area contributed by atoms with Gasteiger partial charge in [-0.05, 0) is 53.6 Å². The number of benzene rings is 2. The maximum Gasteiger partial charge on any atom is 0.263 e. The molecule has 29 heavy (non-hydrogen) atoms. The van der Waals surface area contributed by atoms with Crippen LogP contribution in [-0.2, 0) is 11.8 Å². The molecule has 0 bridgehead atoms. The highest BCUT2D eigenvalue weighted by molar-refractivity contribution is 5.94. The van der Waals surface area contributed by atoms with Crippen molar-refractivity contribution in [1.82, 2.24) is 9.47 Å². The Hall–Kier alpha value is -3.12. The van der Waals surface area contributed by atoms with E-state index in [1.54, 1.807) is 31.2 Å². The summed E-state index contributed by atoms with van der Waals surface area (Å²) in [6.45, 7) is 3.16. The highest BCUT2D eigenvalue weighted by Gasteiger charge is 2.28. The lowest BCUT2D eigenvalue weighted by Gasteiger charge is -2.33. The second-order valence-electron chi connectivity index (χ2n) is 7.34. The Balaban J connectivity index is 1.58. The van der Waals surface area contributed by atoms with Crippen molar-refractivity contribution in [1.29, 1.82) is 0 Å². The first kappa shape index (κ1) is 19.2. The number of hydrogen-bond acceptors (Lipinski definition) is 4. The number of nitrogens with zero attached hydrogens (tertiary/aromatic N) is 2. The molecular formula is C23H24N2O4. The van der Waals surface area contributed by atoms with Crippen LogP contribution in [0, 0.1) is 6.92 Å². The second-order valence-corrected chi connectivity index (χ2v) is 7.34. The summed E-state index contributed by atoms with van der Waals surface area (Å²) in [5.41, 5.74) is 1.76. The summed E-state index contributed by atoms with van der Waals surface area (Å²) in [7, 11) is 3.33. The van der Waals surface area contributed by atoms with Crippen molar-refractivity contribution in [3.8, 4) is 5.75 Å². The van der Waals surface area contributed by atoms with Crippen LogP contribution < -0.4 is 10.3 Å². The van der Waals surface area contributed by atoms with Crippen molar-refractivity contribution < 1.29 is 14.3 Å². The van der Waals surface area contributed by atoms with Gasteiger partial charge in [-0.25, -0.2) is 0 Å². The predicted molar refractivity (Wildman–Crippen MR) is 112 cm³/mol. The molecule has 0 radical (unpaired) electrons. The molecule has 1 aliphatic heterocycles. The van der Waals surface area contributed by atoms with Crippen LogP contribution in [0.1, 0.15) is 27.7 Å². The van der Waals surface area contributed by atoms with E-state index >= 15 is 0 Å². The normalized spacial score (nSPS) is 16.8. The fourth-order valence-electron chi connectivity index (χ4n) is 3.67. The molecule has 1 saturated heterocycles. The molecule has 4 rings (SSSR count). The fourth-order valence-corrected chi connectivity index (χ4v) is 3.67. The fraction of sp³-hybridized carbons (Fsp3) is 0.304. The predicted octanol–water partition coefficient (Wildman–Crippen LogP) is 3.07. The Kier molecular flexibility index (Phi) is 5.11. The van der Waals surface area contributed by atoms with Gasteiger partial charge in [0.2, 0.25) is 0 Å². The van der Waals surface area contributed by atoms with Crippen LogP contribution in [0.4, 0.5) is 0 Å². The quantitative estimate of drug-likeness (QED) is 0.687. The van der Waals surface area contributed by atoms with Crippen LogP contribution >= 0.6 is 0 Å². The molecule has 2 aromatic carbocycles. The van der Waals surface area contributed by atoms with E-state index in [4.69, 9.17) is 9.47 Å². The van der Waals surface area contributed by atoms with Gasteiger partial charge in [0.15, 0.2) is 0 Å². The lowest BCUT2D eigenvalue weighted by atomic mass is 10.0. The molecule has 0 spiro atoms. The molecule has 1 amide bonds. The summed E-state index contributed by atoms with van der Waals surface area (Å²) < 4.78 is 12.7. The minimum absolute atomic E-state index is 0.198. The SMILES string of the molecule is COc1ccc2cc([C@H]3CN(C(=O)c4ccc(C)n(C)c4=O)CCO3)ccc2c1. The number of amides is 1. The molecule has 6 nitrogen and oxygen atoms in total. The smallest absolute Gasteiger partial charge is 0.263 e. The number of carbonyl (C=O) groups is 1. The zero-order chi connectivity index (χ0) is 20.5. The van der Waals surface area contributed by atoms with E-state index in [0.29, 0.717) is 19.7 Å². The Bertz CT molecular complexity index is 1140. The summed E-state index contributed by atoms with van der Waals surface area (Å²) in [6.07, 6.45) is -0.228. The average molecular weight is 392 g/mol. The number of carbonyl (C=O) groups excluding carboxylic acids is 1. The van der Waals surface area contributed by atoms with E-state index in [2.05, 4.69) is 6.07 Å². The highest BCUT2D eigenvalue weighted by Crippen LogP contribution is 2.28. The Morgan fingerprint density at radius 1 is 1.10 bits per heavy atom. The summed E-state index contributed by atoms with van der Waals surface area (Å²) in [5.74, 6) is 0.569. The van der Waals surface area contributed by atoms with Gasteiger partial charge in [-0.3, -0.25) is 9.59 Å². The molecule has 1 atom stereocenters. The molecule has 0 N–H and O–H groups in total. The van der Waals surface area contributed by atoms with Gasteiger partial charge < -0.3 is 18.9 Å². The van der Waals surface area contributed by atoms with Gasteiger partial charge in [0, 0.05) is 19.3 Å². The number of ether oxygens (including phenoxy) is 2. The highest BCUT2D eigenvalue weighted by atomic mass is 16.5. The van der Waals surface area contributed by atoms with Gasteiger partial charge in [-0.2, -0.15) is 0 Å². The van der Waals surface area contributed by atoms with E-state index in [1.807, 2.05) is 37.3 Å². The van der Waals surface area contributed by atoms with Crippen LogP contribution in [0.25, 0.3) is 10.8 Å². The van der Waals surface area contributed by atoms with Crippen LogP contribution in [0.15, 0.2) is 53.3 Å². The van der Waals surface area contributed by atoms with Crippen LogP contribution in [-0.4, -0.2) is 42.2 Å². The van der Waals surface area contributed by atoms with Gasteiger partial charge in [-0.15, -0.1) is 0 Å². The number of morpholine rings is 1. The van der Waals surface area contributed by atoms with Gasteiger partial charge in [-0.1, -0.05) is 18.2 Å². The van der Waals surface area contributed by atoms with E-state index in [0.717, 1.165) is 27.8 Å². The average Bonchev–Trinajstić information content (AvgIpc) is 2.76. The third kappa shape index (κ3) is 3.63. The summed E-state index contributed by atoms with van der Waals surface area (Å²) in [4.78, 5) is 27.2. The van der Waals surface area contributed by atoms with Crippen molar-refractivity contribution in [2.24, 2.45) is 7.05 Å². The lowest BCUT2D eigenvalue weighted by Crippen LogP contribution is -2.44. The van der Waals surface area contributed by atoms with Crippen molar-refractivity contribution in [2.45, 2.75) is 13.0 Å². The number of methoxy groups -OCH3 is 1. The standard InChI is InChI=1S/C23H24N2O4/c1-15-4-9-20(22(26)24(15)2)23(27)25-10-11-29-21(14-25)18-6-5-17-13-19(28-3)8-7-16(17)12-18/h4-9,12-13,21H,10-11,14H2,1-3H3/t21-/m1/s1. The number of fused-ring (bicyclic) bond motifs is 1. The summed E-state index contributed by atoms with van der Waals surface area (Å²) >= 11 is 0. The van der Waals surface area contributed by atoms with E-state index in [9.17, 15) is 9.59 Å². The number of hydrogen-bond donors (Lipinski definition) is 0. The van der Waals surface area contributed by atoms with E-state index in [1.165, 1.54) is 4.57 Å². The Morgan fingerprint density at radius 2 is 1.86 bits per heavy atom. The van der Waals surface area contributed by atoms with Gasteiger partial charge >= 0.3 is 0 Å².